The van der Waals surface area contributed by atoms with Gasteiger partial charge in [0.1, 0.15) is 0 Å². The molecule has 4 N–H and O–H groups in total. The number of hydrogen-bond donors (Lipinski definition) is 3. The van der Waals surface area contributed by atoms with Gasteiger partial charge >= 0.3 is 0 Å². The molecule has 0 saturated heterocycles. The van der Waals surface area contributed by atoms with Crippen LogP contribution in [0.5, 0.6) is 0 Å². The largest absolute Gasteiger partial charge is 0.389 e. The molecule has 18 heavy (non-hydrogen) atoms. The third kappa shape index (κ3) is 6.93. The number of hydrogen-bond acceptors (Lipinski definition) is 4. The fourth-order valence-corrected chi connectivity index (χ4v) is 2.32. The van der Waals surface area contributed by atoms with Crippen molar-refractivity contribution >= 4 is 5.91 Å². The van der Waals surface area contributed by atoms with Gasteiger partial charge in [-0.2, -0.15) is 0 Å². The second-order valence-corrected chi connectivity index (χ2v) is 5.30. The van der Waals surface area contributed by atoms with Crippen molar-refractivity contribution in [1.82, 2.24) is 5.32 Å². The quantitative estimate of drug-likeness (QED) is 0.550. The monoisotopic (exact) mass is 258 g/mol. The number of nitrogens with two attached hydrogens (primary N) is 1. The van der Waals surface area contributed by atoms with E-state index in [2.05, 4.69) is 12.2 Å². The van der Waals surface area contributed by atoms with E-state index in [1.807, 2.05) is 0 Å². The molecule has 1 aliphatic rings. The summed E-state index contributed by atoms with van der Waals surface area (Å²) in [4.78, 5) is 10.5. The molecule has 0 aromatic rings. The average molecular weight is 258 g/mol. The number of aliphatic hydroxyl groups excluding tert-OH is 1. The first kappa shape index (κ1) is 15.4. The summed E-state index contributed by atoms with van der Waals surface area (Å²) in [7, 11) is 0. The van der Waals surface area contributed by atoms with E-state index in [0.717, 1.165) is 18.8 Å². The van der Waals surface area contributed by atoms with Crippen molar-refractivity contribution in [2.45, 2.75) is 51.2 Å². The number of carbonyl (C=O) groups is 1. The highest BCUT2D eigenvalue weighted by Gasteiger charge is 2.20. The molecule has 106 valence electrons. The maximum Gasteiger partial charge on any atom is 0.218 e. The van der Waals surface area contributed by atoms with E-state index >= 15 is 0 Å². The summed E-state index contributed by atoms with van der Waals surface area (Å²) in [5.74, 6) is 0.402. The molecule has 3 atom stereocenters. The minimum Gasteiger partial charge on any atom is -0.389 e. The molecule has 5 nitrogen and oxygen atoms in total. The van der Waals surface area contributed by atoms with Crippen molar-refractivity contribution < 1.29 is 14.6 Å². The Hall–Kier alpha value is -0.650. The van der Waals surface area contributed by atoms with Crippen molar-refractivity contribution in [3.05, 3.63) is 0 Å². The lowest BCUT2D eigenvalue weighted by Crippen LogP contribution is -2.34. The fraction of sp³-hybridized carbons (Fsp3) is 0.923. The van der Waals surface area contributed by atoms with Crippen LogP contribution in [0.15, 0.2) is 0 Å². The summed E-state index contributed by atoms with van der Waals surface area (Å²) in [5.41, 5.74) is 5.01. The van der Waals surface area contributed by atoms with Crippen LogP contribution in [0.3, 0.4) is 0 Å². The lowest BCUT2D eigenvalue weighted by molar-refractivity contribution is -0.117. The number of ether oxygens (including phenoxy) is 1. The van der Waals surface area contributed by atoms with Gasteiger partial charge in [-0.1, -0.05) is 19.8 Å². The van der Waals surface area contributed by atoms with Crippen LogP contribution < -0.4 is 11.1 Å². The maximum atomic E-state index is 10.5. The van der Waals surface area contributed by atoms with Crippen molar-refractivity contribution in [3.63, 3.8) is 0 Å². The zero-order chi connectivity index (χ0) is 13.4. The van der Waals surface area contributed by atoms with Crippen LogP contribution in [0.2, 0.25) is 0 Å². The van der Waals surface area contributed by atoms with E-state index in [1.54, 1.807) is 0 Å². The van der Waals surface area contributed by atoms with Crippen molar-refractivity contribution in [2.75, 3.05) is 19.7 Å². The number of primary amides is 1. The van der Waals surface area contributed by atoms with Gasteiger partial charge in [0.05, 0.1) is 18.8 Å². The van der Waals surface area contributed by atoms with Crippen LogP contribution in [0.4, 0.5) is 0 Å². The zero-order valence-corrected chi connectivity index (χ0v) is 11.2. The molecule has 1 saturated carbocycles. The minimum atomic E-state index is -0.518. The van der Waals surface area contributed by atoms with Crippen LogP contribution in [-0.4, -0.2) is 42.9 Å². The topological polar surface area (TPSA) is 84.6 Å². The molecule has 0 aromatic carbocycles. The molecule has 0 radical (unpaired) electrons. The molecule has 1 rings (SSSR count). The third-order valence-electron chi connectivity index (χ3n) is 3.34. The van der Waals surface area contributed by atoms with Crippen LogP contribution >= 0.6 is 0 Å². The molecule has 0 bridgehead atoms. The third-order valence-corrected chi connectivity index (χ3v) is 3.34. The Kier molecular flexibility index (Phi) is 7.23. The van der Waals surface area contributed by atoms with Crippen molar-refractivity contribution in [3.8, 4) is 0 Å². The number of amides is 1. The number of nitrogens with one attached hydrogen (secondary N) is 1. The summed E-state index contributed by atoms with van der Waals surface area (Å²) in [5, 5.41) is 12.7. The van der Waals surface area contributed by atoms with Gasteiger partial charge in [-0.25, -0.2) is 0 Å². The van der Waals surface area contributed by atoms with Crippen LogP contribution in [0.1, 0.15) is 39.0 Å². The van der Waals surface area contributed by atoms with E-state index in [4.69, 9.17) is 10.5 Å². The first-order valence-electron chi connectivity index (χ1n) is 6.86. The normalized spacial score (nSPS) is 25.9. The van der Waals surface area contributed by atoms with Gasteiger partial charge in [0.15, 0.2) is 0 Å². The molecule has 0 aromatic heterocycles. The lowest BCUT2D eigenvalue weighted by Gasteiger charge is -2.27. The van der Waals surface area contributed by atoms with Crippen molar-refractivity contribution in [2.24, 2.45) is 11.7 Å². The predicted octanol–water partition coefficient (Wildman–Crippen LogP) is 0.408. The Balaban J connectivity index is 2.02. The number of rotatable bonds is 8. The SMILES string of the molecule is CC1CCCC(OCC(O)CNCCC(N)=O)C1. The molecular weight excluding hydrogens is 232 g/mol. The molecule has 0 heterocycles. The second-order valence-electron chi connectivity index (χ2n) is 5.30. The highest BCUT2D eigenvalue weighted by Crippen LogP contribution is 2.25. The van der Waals surface area contributed by atoms with Gasteiger partial charge in [-0.3, -0.25) is 4.79 Å². The standard InChI is InChI=1S/C13H26N2O3/c1-10-3-2-4-12(7-10)18-9-11(16)8-15-6-5-13(14)17/h10-12,15-16H,2-9H2,1H3,(H2,14,17). The first-order chi connectivity index (χ1) is 8.58. The highest BCUT2D eigenvalue weighted by atomic mass is 16.5. The summed E-state index contributed by atoms with van der Waals surface area (Å²) in [6, 6.07) is 0. The van der Waals surface area contributed by atoms with Crippen LogP contribution in [0.25, 0.3) is 0 Å². The van der Waals surface area contributed by atoms with Crippen LogP contribution in [-0.2, 0) is 9.53 Å². The summed E-state index contributed by atoms with van der Waals surface area (Å²) in [6.45, 7) is 3.56. The van der Waals surface area contributed by atoms with Crippen LogP contribution in [0, 0.1) is 5.92 Å². The maximum absolute atomic E-state index is 10.5. The van der Waals surface area contributed by atoms with Gasteiger partial charge in [0, 0.05) is 19.5 Å². The molecular formula is C13H26N2O3. The molecule has 0 spiro atoms. The Morgan fingerprint density at radius 1 is 1.56 bits per heavy atom. The van der Waals surface area contributed by atoms with Gasteiger partial charge in [0.25, 0.3) is 0 Å². The summed E-state index contributed by atoms with van der Waals surface area (Å²) < 4.78 is 5.71. The second kappa shape index (κ2) is 8.45. The smallest absolute Gasteiger partial charge is 0.218 e. The Morgan fingerprint density at radius 3 is 3.00 bits per heavy atom. The molecule has 0 aliphatic heterocycles. The number of aliphatic hydroxyl groups is 1. The molecule has 3 unspecified atom stereocenters. The van der Waals surface area contributed by atoms with Gasteiger partial charge in [-0.05, 0) is 18.8 Å². The Morgan fingerprint density at radius 2 is 2.33 bits per heavy atom. The molecule has 1 fully saturated rings. The van der Waals surface area contributed by atoms with Gasteiger partial charge < -0.3 is 20.9 Å². The fourth-order valence-electron chi connectivity index (χ4n) is 2.32. The number of carbonyl (C=O) groups excluding carboxylic acids is 1. The van der Waals surface area contributed by atoms with Crippen molar-refractivity contribution in [1.29, 1.82) is 0 Å². The minimum absolute atomic E-state index is 0.299. The Bertz CT molecular complexity index is 248. The van der Waals surface area contributed by atoms with E-state index in [1.165, 1.54) is 12.8 Å². The van der Waals surface area contributed by atoms with Gasteiger partial charge in [-0.15, -0.1) is 0 Å². The van der Waals surface area contributed by atoms with E-state index in [9.17, 15) is 9.90 Å². The summed E-state index contributed by atoms with van der Waals surface area (Å²) >= 11 is 0. The molecule has 1 amide bonds. The first-order valence-corrected chi connectivity index (χ1v) is 6.86. The highest BCUT2D eigenvalue weighted by molar-refractivity contribution is 5.73. The van der Waals surface area contributed by atoms with E-state index in [-0.39, 0.29) is 5.91 Å². The predicted molar refractivity (Wildman–Crippen MR) is 70.1 cm³/mol. The van der Waals surface area contributed by atoms with E-state index in [0.29, 0.717) is 32.2 Å². The molecule has 1 aliphatic carbocycles. The Labute approximate surface area is 109 Å². The van der Waals surface area contributed by atoms with Gasteiger partial charge in [0.2, 0.25) is 5.91 Å². The summed E-state index contributed by atoms with van der Waals surface area (Å²) in [6.07, 6.45) is 4.79. The molecule has 5 heteroatoms. The zero-order valence-electron chi connectivity index (χ0n) is 11.2. The lowest BCUT2D eigenvalue weighted by atomic mass is 9.89. The average Bonchev–Trinajstić information content (AvgIpc) is 2.32. The van der Waals surface area contributed by atoms with E-state index < -0.39 is 6.10 Å².